The van der Waals surface area contributed by atoms with Crippen molar-refractivity contribution in [2.24, 2.45) is 5.73 Å². The van der Waals surface area contributed by atoms with Crippen molar-refractivity contribution in [3.05, 3.63) is 0 Å². The summed E-state index contributed by atoms with van der Waals surface area (Å²) >= 11 is 2.27. The third-order valence-electron chi connectivity index (χ3n) is 2.09. The van der Waals surface area contributed by atoms with E-state index in [2.05, 4.69) is 5.40 Å². The molecule has 1 aliphatic heterocycles. The first kappa shape index (κ1) is 14.3. The molecule has 0 amide bonds. The topological polar surface area (TPSA) is 76.8 Å². The molecule has 0 aromatic heterocycles. The van der Waals surface area contributed by atoms with Crippen LogP contribution in [0.15, 0.2) is 0 Å². The Morgan fingerprint density at radius 3 is 2.64 bits per heavy atom. The molecule has 0 bridgehead atoms. The summed E-state index contributed by atoms with van der Waals surface area (Å²) in [6.07, 6.45) is 1.89. The minimum atomic E-state index is -0.338. The Bertz CT molecular complexity index is 261. The number of nitrogens with two attached hydrogens (primary N) is 1. The van der Waals surface area contributed by atoms with Gasteiger partial charge in [-0.05, 0) is 24.6 Å². The van der Waals surface area contributed by atoms with Crippen LogP contribution in [0.3, 0.4) is 0 Å². The molecule has 1 rings (SSSR count). The molecular formula is C7H10N4PtS2. The molecule has 14 heavy (non-hydrogen) atoms. The fraction of sp³-hybridized carbons (Fsp3) is 0.714. The average Bonchev–Trinajstić information content (AvgIpc) is 2.51. The first-order valence-corrected chi connectivity index (χ1v) is 5.49. The summed E-state index contributed by atoms with van der Waals surface area (Å²) in [5.74, 6) is 0. The second-order valence-electron chi connectivity index (χ2n) is 2.73. The maximum atomic E-state index is 8.65. The number of nitrogens with zero attached hydrogens (tertiary/aromatic N) is 3. The van der Waals surface area contributed by atoms with Crippen LogP contribution in [0.25, 0.3) is 0 Å². The van der Waals surface area contributed by atoms with Crippen LogP contribution in [-0.4, -0.2) is 22.3 Å². The average molecular weight is 409 g/mol. The van der Waals surface area contributed by atoms with Gasteiger partial charge >= 0.3 is 0 Å². The predicted octanol–water partition coefficient (Wildman–Crippen LogP) is 1.08. The smallest absolute Gasteiger partial charge is 0.150 e. The van der Waals surface area contributed by atoms with Crippen LogP contribution in [0.1, 0.15) is 12.8 Å². The SMILES string of the molecule is N#CSN1CCCC1(CN)SC#N.[Pt]. The predicted molar refractivity (Wildman–Crippen MR) is 54.1 cm³/mol. The third kappa shape index (κ3) is 2.89. The zero-order chi connectivity index (χ0) is 9.73. The molecule has 0 radical (unpaired) electrons. The van der Waals surface area contributed by atoms with Gasteiger partial charge in [0.25, 0.3) is 0 Å². The molecule has 80 valence electrons. The van der Waals surface area contributed by atoms with Gasteiger partial charge in [0.05, 0.1) is 0 Å². The van der Waals surface area contributed by atoms with Gasteiger partial charge in [-0.3, -0.25) is 0 Å². The molecule has 1 fully saturated rings. The van der Waals surface area contributed by atoms with Crippen LogP contribution in [-0.2, 0) is 21.1 Å². The van der Waals surface area contributed by atoms with Gasteiger partial charge < -0.3 is 5.73 Å². The normalized spacial score (nSPS) is 26.2. The van der Waals surface area contributed by atoms with Crippen LogP contribution in [0, 0.1) is 21.3 Å². The molecule has 0 aromatic carbocycles. The Labute approximate surface area is 107 Å². The summed E-state index contributed by atoms with van der Waals surface area (Å²) in [6, 6.07) is 0. The van der Waals surface area contributed by atoms with Crippen LogP contribution in [0.5, 0.6) is 0 Å². The van der Waals surface area contributed by atoms with Gasteiger partial charge in [0.1, 0.15) is 15.7 Å². The molecule has 0 saturated carbocycles. The molecule has 1 aliphatic rings. The van der Waals surface area contributed by atoms with Crippen molar-refractivity contribution in [3.8, 4) is 10.8 Å². The fourth-order valence-electron chi connectivity index (χ4n) is 1.44. The number of hydrogen-bond acceptors (Lipinski definition) is 6. The third-order valence-corrected chi connectivity index (χ3v) is 4.10. The van der Waals surface area contributed by atoms with Gasteiger partial charge in [0, 0.05) is 46.1 Å². The number of nitriles is 2. The van der Waals surface area contributed by atoms with Crippen molar-refractivity contribution in [2.45, 2.75) is 17.7 Å². The summed E-state index contributed by atoms with van der Waals surface area (Å²) in [5.41, 5.74) is 5.64. The minimum Gasteiger partial charge on any atom is -0.328 e. The summed E-state index contributed by atoms with van der Waals surface area (Å²) in [5, 5.41) is 21.3. The van der Waals surface area contributed by atoms with E-state index in [1.54, 1.807) is 0 Å². The Morgan fingerprint density at radius 2 is 2.14 bits per heavy atom. The molecule has 0 aromatic rings. The summed E-state index contributed by atoms with van der Waals surface area (Å²) < 4.78 is 1.92. The molecule has 4 nitrogen and oxygen atoms in total. The Hall–Kier alpha value is 0.288. The summed E-state index contributed by atoms with van der Waals surface area (Å²) in [4.78, 5) is -0.338. The van der Waals surface area contributed by atoms with Crippen LogP contribution >= 0.6 is 23.7 Å². The molecule has 1 heterocycles. The van der Waals surface area contributed by atoms with Gasteiger partial charge in [-0.1, -0.05) is 0 Å². The zero-order valence-corrected chi connectivity index (χ0v) is 11.3. The van der Waals surface area contributed by atoms with Crippen molar-refractivity contribution in [1.82, 2.24) is 4.31 Å². The molecule has 1 unspecified atom stereocenters. The Balaban J connectivity index is 0.00000169. The van der Waals surface area contributed by atoms with Crippen LogP contribution in [0.4, 0.5) is 0 Å². The van der Waals surface area contributed by atoms with Crippen molar-refractivity contribution >= 4 is 23.7 Å². The van der Waals surface area contributed by atoms with Crippen LogP contribution in [0.2, 0.25) is 0 Å². The van der Waals surface area contributed by atoms with E-state index in [0.717, 1.165) is 31.3 Å². The molecule has 1 atom stereocenters. The Morgan fingerprint density at radius 1 is 1.43 bits per heavy atom. The summed E-state index contributed by atoms with van der Waals surface area (Å²) in [7, 11) is 0. The van der Waals surface area contributed by atoms with Gasteiger partial charge in [-0.2, -0.15) is 10.5 Å². The molecule has 0 aliphatic carbocycles. The van der Waals surface area contributed by atoms with Gasteiger partial charge in [0.2, 0.25) is 0 Å². The van der Waals surface area contributed by atoms with E-state index in [0.29, 0.717) is 6.54 Å². The van der Waals surface area contributed by atoms with Gasteiger partial charge in [0.15, 0.2) is 0 Å². The number of thiocyanates is 2. The standard InChI is InChI=1S/C7H10N4S2.Pt/c8-4-7(12-5-9)2-1-3-11(7)13-6-10;/h1-4,8H2;. The molecule has 2 N–H and O–H groups in total. The van der Waals surface area contributed by atoms with Crippen molar-refractivity contribution in [1.29, 1.82) is 10.5 Å². The first-order chi connectivity index (χ1) is 6.29. The summed E-state index contributed by atoms with van der Waals surface area (Å²) in [6.45, 7) is 1.25. The fourth-order valence-corrected chi connectivity index (χ4v) is 3.01. The quantitative estimate of drug-likeness (QED) is 0.555. The number of rotatable bonds is 3. The monoisotopic (exact) mass is 409 g/mol. The van der Waals surface area contributed by atoms with Crippen LogP contribution < -0.4 is 5.73 Å². The van der Waals surface area contributed by atoms with Gasteiger partial charge in [-0.25, -0.2) is 4.31 Å². The van der Waals surface area contributed by atoms with E-state index in [1.165, 1.54) is 11.8 Å². The second-order valence-corrected chi connectivity index (χ2v) is 4.68. The van der Waals surface area contributed by atoms with Crippen molar-refractivity contribution in [3.63, 3.8) is 0 Å². The van der Waals surface area contributed by atoms with Gasteiger partial charge in [-0.15, -0.1) is 0 Å². The molecule has 7 heteroatoms. The van der Waals surface area contributed by atoms with Crippen molar-refractivity contribution < 1.29 is 21.1 Å². The number of thioether (sulfide) groups is 1. The first-order valence-electron chi connectivity index (χ1n) is 3.90. The second kappa shape index (κ2) is 6.71. The van der Waals surface area contributed by atoms with E-state index in [9.17, 15) is 0 Å². The molecule has 0 spiro atoms. The largest absolute Gasteiger partial charge is 0.328 e. The Kier molecular flexibility index (Phi) is 6.85. The number of hydrogen-bond donors (Lipinski definition) is 1. The van der Waals surface area contributed by atoms with Crippen molar-refractivity contribution in [2.75, 3.05) is 13.1 Å². The van der Waals surface area contributed by atoms with E-state index < -0.39 is 0 Å². The molecule has 1 saturated heterocycles. The van der Waals surface area contributed by atoms with E-state index >= 15 is 0 Å². The minimum absolute atomic E-state index is 0. The van der Waals surface area contributed by atoms with E-state index in [4.69, 9.17) is 16.3 Å². The zero-order valence-electron chi connectivity index (χ0n) is 7.38. The molecular weight excluding hydrogens is 399 g/mol. The maximum Gasteiger partial charge on any atom is 0.150 e. The van der Waals surface area contributed by atoms with E-state index in [-0.39, 0.29) is 25.9 Å². The maximum absolute atomic E-state index is 8.65. The van der Waals surface area contributed by atoms with E-state index in [1.807, 2.05) is 9.71 Å².